The first-order chi connectivity index (χ1) is 12.7. The van der Waals surface area contributed by atoms with Crippen LogP contribution in [0.5, 0.6) is 0 Å². The minimum atomic E-state index is -0.125. The van der Waals surface area contributed by atoms with Crippen LogP contribution >= 0.6 is 0 Å². The summed E-state index contributed by atoms with van der Waals surface area (Å²) < 4.78 is 10.6. The van der Waals surface area contributed by atoms with Gasteiger partial charge in [0.15, 0.2) is 0 Å². The van der Waals surface area contributed by atoms with Crippen LogP contribution in [0, 0.1) is 6.92 Å². The molecule has 0 saturated heterocycles. The summed E-state index contributed by atoms with van der Waals surface area (Å²) in [4.78, 5) is 19.1. The van der Waals surface area contributed by atoms with Crippen molar-refractivity contribution in [2.24, 2.45) is 0 Å². The number of hydrogen-bond acceptors (Lipinski definition) is 5. The summed E-state index contributed by atoms with van der Waals surface area (Å²) in [6.45, 7) is 2.68. The molecular formula is C20H17N3O3. The van der Waals surface area contributed by atoms with Crippen LogP contribution in [0.15, 0.2) is 69.9 Å². The van der Waals surface area contributed by atoms with Gasteiger partial charge in [0.25, 0.3) is 11.6 Å². The molecule has 1 aromatic carbocycles. The Morgan fingerprint density at radius 2 is 1.96 bits per heavy atom. The van der Waals surface area contributed by atoms with Gasteiger partial charge in [-0.15, -0.1) is 0 Å². The van der Waals surface area contributed by atoms with Gasteiger partial charge in [0, 0.05) is 12.7 Å². The largest absolute Gasteiger partial charge is 0.467 e. The van der Waals surface area contributed by atoms with Gasteiger partial charge in [0.2, 0.25) is 0 Å². The first-order valence-electron chi connectivity index (χ1n) is 8.28. The summed E-state index contributed by atoms with van der Waals surface area (Å²) in [5.74, 6) is 0.602. The highest BCUT2D eigenvalue weighted by molar-refractivity contribution is 5.96. The molecule has 1 amide bonds. The molecule has 0 aliphatic rings. The highest BCUT2D eigenvalue weighted by Gasteiger charge is 2.20. The third-order valence-corrected chi connectivity index (χ3v) is 4.19. The number of benzene rings is 1. The van der Waals surface area contributed by atoms with Crippen molar-refractivity contribution in [3.63, 3.8) is 0 Å². The van der Waals surface area contributed by atoms with Gasteiger partial charge in [0.05, 0.1) is 29.5 Å². The quantitative estimate of drug-likeness (QED) is 0.546. The molecule has 0 fully saturated rings. The molecule has 0 bridgehead atoms. The van der Waals surface area contributed by atoms with Crippen molar-refractivity contribution in [2.45, 2.75) is 20.0 Å². The van der Waals surface area contributed by atoms with E-state index in [1.54, 1.807) is 17.2 Å². The highest BCUT2D eigenvalue weighted by atomic mass is 16.5. The van der Waals surface area contributed by atoms with Crippen molar-refractivity contribution in [3.05, 3.63) is 83.6 Å². The Kier molecular flexibility index (Phi) is 4.23. The van der Waals surface area contributed by atoms with Gasteiger partial charge in [-0.25, -0.2) is 4.98 Å². The number of aromatic nitrogens is 2. The highest BCUT2D eigenvalue weighted by Crippen LogP contribution is 2.20. The average Bonchev–Trinajstić information content (AvgIpc) is 3.31. The van der Waals surface area contributed by atoms with Crippen LogP contribution in [-0.4, -0.2) is 20.9 Å². The fourth-order valence-corrected chi connectivity index (χ4v) is 2.84. The summed E-state index contributed by atoms with van der Waals surface area (Å²) in [5.41, 5.74) is 2.68. The lowest BCUT2D eigenvalue weighted by atomic mass is 10.1. The number of fused-ring (bicyclic) bond motifs is 1. The Labute approximate surface area is 150 Å². The molecule has 0 unspecified atom stereocenters. The third kappa shape index (κ3) is 3.21. The summed E-state index contributed by atoms with van der Waals surface area (Å²) in [5, 5.41) is 4.64. The van der Waals surface area contributed by atoms with E-state index in [1.807, 2.05) is 49.4 Å². The summed E-state index contributed by atoms with van der Waals surface area (Å²) in [6, 6.07) is 15.3. The molecule has 3 heterocycles. The van der Waals surface area contributed by atoms with Gasteiger partial charge in [-0.3, -0.25) is 4.79 Å². The van der Waals surface area contributed by atoms with E-state index >= 15 is 0 Å². The van der Waals surface area contributed by atoms with Crippen molar-refractivity contribution in [2.75, 3.05) is 0 Å². The smallest absolute Gasteiger partial charge is 0.257 e. The summed E-state index contributed by atoms with van der Waals surface area (Å²) >= 11 is 0. The van der Waals surface area contributed by atoms with E-state index in [-0.39, 0.29) is 5.91 Å². The van der Waals surface area contributed by atoms with Gasteiger partial charge in [-0.2, -0.15) is 0 Å². The lowest BCUT2D eigenvalue weighted by Gasteiger charge is -2.22. The van der Waals surface area contributed by atoms with E-state index < -0.39 is 0 Å². The van der Waals surface area contributed by atoms with Crippen molar-refractivity contribution in [3.8, 4) is 0 Å². The number of nitrogens with zero attached hydrogens (tertiary/aromatic N) is 3. The molecule has 26 heavy (non-hydrogen) atoms. The second-order valence-electron chi connectivity index (χ2n) is 6.07. The molecule has 3 aromatic heterocycles. The molecule has 0 aliphatic heterocycles. The first-order valence-corrected chi connectivity index (χ1v) is 8.28. The van der Waals surface area contributed by atoms with Crippen LogP contribution in [0.3, 0.4) is 0 Å². The minimum Gasteiger partial charge on any atom is -0.467 e. The number of amides is 1. The van der Waals surface area contributed by atoms with Crippen LogP contribution in [-0.2, 0) is 13.1 Å². The Bertz CT molecular complexity index is 1020. The predicted octanol–water partition coefficient (Wildman–Crippen LogP) is 3.97. The predicted molar refractivity (Wildman–Crippen MR) is 95.3 cm³/mol. The Morgan fingerprint density at radius 3 is 2.73 bits per heavy atom. The fraction of sp³-hybridized carbons (Fsp3) is 0.150. The lowest BCUT2D eigenvalue weighted by molar-refractivity contribution is 0.0717. The van der Waals surface area contributed by atoms with E-state index in [9.17, 15) is 4.79 Å². The van der Waals surface area contributed by atoms with Crippen molar-refractivity contribution >= 4 is 17.0 Å². The second-order valence-corrected chi connectivity index (χ2v) is 6.07. The monoisotopic (exact) mass is 347 g/mol. The van der Waals surface area contributed by atoms with E-state index in [1.165, 1.54) is 6.20 Å². The second kappa shape index (κ2) is 6.84. The maximum atomic E-state index is 13.1. The van der Waals surface area contributed by atoms with Crippen LogP contribution in [0.4, 0.5) is 0 Å². The number of aryl methyl sites for hydroxylation is 1. The van der Waals surface area contributed by atoms with E-state index in [2.05, 4.69) is 10.1 Å². The van der Waals surface area contributed by atoms with Crippen LogP contribution in [0.2, 0.25) is 0 Å². The van der Waals surface area contributed by atoms with E-state index in [0.717, 1.165) is 16.7 Å². The minimum absolute atomic E-state index is 0.125. The maximum Gasteiger partial charge on any atom is 0.257 e. The zero-order valence-electron chi connectivity index (χ0n) is 14.3. The van der Waals surface area contributed by atoms with Gasteiger partial charge >= 0.3 is 0 Å². The molecule has 0 N–H and O–H groups in total. The number of hydrogen-bond donors (Lipinski definition) is 0. The fourth-order valence-electron chi connectivity index (χ4n) is 2.84. The Morgan fingerprint density at radius 1 is 1.12 bits per heavy atom. The molecule has 0 atom stereocenters. The normalized spacial score (nSPS) is 11.0. The molecule has 130 valence electrons. The summed E-state index contributed by atoms with van der Waals surface area (Å²) in [6.07, 6.45) is 3.13. The average molecular weight is 347 g/mol. The molecule has 6 heteroatoms. The first kappa shape index (κ1) is 16.1. The summed E-state index contributed by atoms with van der Waals surface area (Å²) in [7, 11) is 0. The number of rotatable bonds is 5. The lowest BCUT2D eigenvalue weighted by Crippen LogP contribution is -2.30. The van der Waals surface area contributed by atoms with Crippen molar-refractivity contribution in [1.82, 2.24) is 15.0 Å². The van der Waals surface area contributed by atoms with Gasteiger partial charge in [-0.1, -0.05) is 35.5 Å². The molecule has 4 aromatic rings. The zero-order chi connectivity index (χ0) is 17.9. The maximum absolute atomic E-state index is 13.1. The van der Waals surface area contributed by atoms with Gasteiger partial charge in [0.1, 0.15) is 5.76 Å². The van der Waals surface area contributed by atoms with Crippen LogP contribution < -0.4 is 0 Å². The molecular weight excluding hydrogens is 330 g/mol. The number of carbonyl (C=O) groups excluding carboxylic acids is 1. The molecule has 6 nitrogen and oxygen atoms in total. The van der Waals surface area contributed by atoms with Gasteiger partial charge < -0.3 is 13.8 Å². The van der Waals surface area contributed by atoms with E-state index in [4.69, 9.17) is 8.94 Å². The standard InChI is InChI=1S/C20H17N3O3/c1-14-18-10-16(11-21-19(18)26-22-14)20(24)23(13-17-8-5-9-25-17)12-15-6-3-2-4-7-15/h2-11H,12-13H2,1H3. The van der Waals surface area contributed by atoms with Crippen LogP contribution in [0.25, 0.3) is 11.1 Å². The molecule has 0 spiro atoms. The van der Waals surface area contributed by atoms with E-state index in [0.29, 0.717) is 30.1 Å². The zero-order valence-corrected chi connectivity index (χ0v) is 14.3. The Hall–Kier alpha value is -3.41. The van der Waals surface area contributed by atoms with Crippen molar-refractivity contribution < 1.29 is 13.7 Å². The van der Waals surface area contributed by atoms with Crippen molar-refractivity contribution in [1.29, 1.82) is 0 Å². The number of pyridine rings is 1. The topological polar surface area (TPSA) is 72.4 Å². The molecule has 0 saturated carbocycles. The molecule has 0 aliphatic carbocycles. The number of furan rings is 1. The molecule has 0 radical (unpaired) electrons. The van der Waals surface area contributed by atoms with Crippen LogP contribution in [0.1, 0.15) is 27.4 Å². The SMILES string of the molecule is Cc1noc2ncc(C(=O)N(Cc3ccccc3)Cc3ccco3)cc12. The Balaban J connectivity index is 1.66. The molecule has 4 rings (SSSR count). The third-order valence-electron chi connectivity index (χ3n) is 4.19. The number of carbonyl (C=O) groups is 1. The van der Waals surface area contributed by atoms with Gasteiger partial charge in [-0.05, 0) is 30.7 Å².